The van der Waals surface area contributed by atoms with E-state index in [9.17, 15) is 9.59 Å². The zero-order valence-corrected chi connectivity index (χ0v) is 17.5. The Hall–Kier alpha value is -3.61. The topological polar surface area (TPSA) is 82.5 Å². The lowest BCUT2D eigenvalue weighted by Gasteiger charge is -2.19. The Morgan fingerprint density at radius 1 is 1.03 bits per heavy atom. The van der Waals surface area contributed by atoms with Crippen molar-refractivity contribution in [2.45, 2.75) is 26.2 Å². The molecule has 7 heteroatoms. The molecule has 3 rings (SSSR count). The maximum Gasteiger partial charge on any atom is 0.363 e. The van der Waals surface area contributed by atoms with Gasteiger partial charge in [-0.25, -0.2) is 9.48 Å². The molecule has 0 fully saturated rings. The summed E-state index contributed by atoms with van der Waals surface area (Å²) < 4.78 is 11.9. The summed E-state index contributed by atoms with van der Waals surface area (Å²) in [5.41, 5.74) is 2.60. The molecule has 0 saturated heterocycles. The fraction of sp³-hybridized carbons (Fsp3) is 0.261. The highest BCUT2D eigenvalue weighted by atomic mass is 16.5. The molecule has 0 bridgehead atoms. The van der Waals surface area contributed by atoms with Crippen LogP contribution in [0.3, 0.4) is 0 Å². The van der Waals surface area contributed by atoms with Crippen molar-refractivity contribution < 1.29 is 19.1 Å². The first-order valence-electron chi connectivity index (χ1n) is 9.54. The van der Waals surface area contributed by atoms with Crippen molar-refractivity contribution in [1.29, 1.82) is 0 Å². The van der Waals surface area contributed by atoms with Gasteiger partial charge in [-0.05, 0) is 35.2 Å². The van der Waals surface area contributed by atoms with Crippen molar-refractivity contribution in [1.82, 2.24) is 9.78 Å². The monoisotopic (exact) mass is 407 g/mol. The van der Waals surface area contributed by atoms with Crippen LogP contribution in [-0.4, -0.2) is 35.4 Å². The molecule has 1 N–H and O–H groups in total. The molecule has 0 atom stereocenters. The van der Waals surface area contributed by atoms with Crippen LogP contribution in [0.2, 0.25) is 0 Å². The summed E-state index contributed by atoms with van der Waals surface area (Å²) in [6, 6.07) is 16.9. The number of carbonyl (C=O) groups is 2. The van der Waals surface area contributed by atoms with E-state index >= 15 is 0 Å². The minimum atomic E-state index is -0.736. The van der Waals surface area contributed by atoms with Crippen molar-refractivity contribution in [2.24, 2.45) is 0 Å². The van der Waals surface area contributed by atoms with Crippen molar-refractivity contribution in [3.8, 4) is 11.4 Å². The Kier molecular flexibility index (Phi) is 6.20. The van der Waals surface area contributed by atoms with Gasteiger partial charge in [-0.3, -0.25) is 4.79 Å². The lowest BCUT2D eigenvalue weighted by atomic mass is 9.87. The average molecular weight is 407 g/mol. The number of nitrogens with zero attached hydrogens (tertiary/aromatic N) is 2. The van der Waals surface area contributed by atoms with Gasteiger partial charge in [0.15, 0.2) is 12.4 Å². The Labute approximate surface area is 175 Å². The summed E-state index contributed by atoms with van der Waals surface area (Å²) in [4.78, 5) is 24.6. The Balaban J connectivity index is 1.61. The number of carbonyl (C=O) groups excluding carboxylic acids is 2. The number of hydrogen-bond donors (Lipinski definition) is 1. The molecule has 7 nitrogen and oxygen atoms in total. The number of aromatic nitrogens is 2. The third kappa shape index (κ3) is 5.05. The van der Waals surface area contributed by atoms with E-state index in [-0.39, 0.29) is 16.9 Å². The van der Waals surface area contributed by atoms with Gasteiger partial charge in [-0.2, -0.15) is 5.10 Å². The van der Waals surface area contributed by atoms with Crippen LogP contribution < -0.4 is 10.1 Å². The van der Waals surface area contributed by atoms with Gasteiger partial charge in [0.1, 0.15) is 0 Å². The van der Waals surface area contributed by atoms with E-state index < -0.39 is 18.5 Å². The maximum absolute atomic E-state index is 12.4. The van der Waals surface area contributed by atoms with E-state index in [0.717, 1.165) is 11.3 Å². The molecule has 156 valence electrons. The molecule has 0 aliphatic heterocycles. The molecular formula is C23H25N3O4. The molecule has 3 aromatic rings. The first-order chi connectivity index (χ1) is 14.3. The van der Waals surface area contributed by atoms with Crippen LogP contribution in [0.15, 0.2) is 60.8 Å². The second kappa shape index (κ2) is 8.82. The fourth-order valence-electron chi connectivity index (χ4n) is 2.81. The van der Waals surface area contributed by atoms with Crippen molar-refractivity contribution in [3.05, 3.63) is 72.1 Å². The van der Waals surface area contributed by atoms with E-state index in [2.05, 4.69) is 31.2 Å². The molecule has 2 aromatic carbocycles. The Bertz CT molecular complexity index is 1020. The average Bonchev–Trinajstić information content (AvgIpc) is 3.17. The number of esters is 1. The van der Waals surface area contributed by atoms with Gasteiger partial charge in [0.2, 0.25) is 5.69 Å². The van der Waals surface area contributed by atoms with E-state index in [1.54, 1.807) is 6.20 Å². The number of methoxy groups -OCH3 is 1. The number of rotatable bonds is 6. The van der Waals surface area contributed by atoms with Crippen LogP contribution in [-0.2, 0) is 14.9 Å². The normalized spacial score (nSPS) is 11.1. The minimum absolute atomic E-state index is 0.00341. The predicted octanol–water partition coefficient (Wildman–Crippen LogP) is 3.97. The number of ether oxygens (including phenoxy) is 2. The highest BCUT2D eigenvalue weighted by Crippen LogP contribution is 2.23. The molecule has 0 spiro atoms. The summed E-state index contributed by atoms with van der Waals surface area (Å²) in [6.07, 6.45) is 1.59. The smallest absolute Gasteiger partial charge is 0.363 e. The number of amides is 1. The zero-order valence-electron chi connectivity index (χ0n) is 17.5. The maximum atomic E-state index is 12.4. The molecule has 0 unspecified atom stereocenters. The SMILES string of the molecule is COc1cn(-c2ccccc2)nc1C(=O)OCC(=O)Nc1ccc(C(C)(C)C)cc1. The zero-order chi connectivity index (χ0) is 21.7. The van der Waals surface area contributed by atoms with Crippen LogP contribution in [0.1, 0.15) is 36.8 Å². The first kappa shape index (κ1) is 21.1. The standard InChI is InChI=1S/C23H25N3O4/c1-23(2,3)16-10-12-17(13-11-16)24-20(27)15-30-22(28)21-19(29-4)14-26(25-21)18-8-6-5-7-9-18/h5-14H,15H2,1-4H3,(H,24,27). The minimum Gasteiger partial charge on any atom is -0.493 e. The van der Waals surface area contributed by atoms with Gasteiger partial charge in [-0.15, -0.1) is 0 Å². The number of nitrogens with one attached hydrogen (secondary N) is 1. The lowest BCUT2D eigenvalue weighted by Crippen LogP contribution is -2.21. The van der Waals surface area contributed by atoms with E-state index in [1.165, 1.54) is 11.8 Å². The summed E-state index contributed by atoms with van der Waals surface area (Å²) in [7, 11) is 1.44. The van der Waals surface area contributed by atoms with Gasteiger partial charge in [-0.1, -0.05) is 51.1 Å². The highest BCUT2D eigenvalue weighted by molar-refractivity contribution is 5.95. The lowest BCUT2D eigenvalue weighted by molar-refractivity contribution is -0.119. The van der Waals surface area contributed by atoms with Gasteiger partial charge in [0.25, 0.3) is 5.91 Å². The van der Waals surface area contributed by atoms with Crippen molar-refractivity contribution in [3.63, 3.8) is 0 Å². The molecule has 0 aliphatic rings. The summed E-state index contributed by atoms with van der Waals surface area (Å²) in [5, 5.41) is 6.95. The molecule has 1 aromatic heterocycles. The van der Waals surface area contributed by atoms with E-state index in [1.807, 2.05) is 54.6 Å². The van der Waals surface area contributed by atoms with Crippen LogP contribution >= 0.6 is 0 Å². The van der Waals surface area contributed by atoms with Crippen LogP contribution in [0.25, 0.3) is 5.69 Å². The molecule has 0 saturated carbocycles. The molecule has 1 heterocycles. The number of hydrogen-bond acceptors (Lipinski definition) is 5. The first-order valence-corrected chi connectivity index (χ1v) is 9.54. The fourth-order valence-corrected chi connectivity index (χ4v) is 2.81. The Morgan fingerprint density at radius 2 is 1.70 bits per heavy atom. The Morgan fingerprint density at radius 3 is 2.30 bits per heavy atom. The molecule has 30 heavy (non-hydrogen) atoms. The van der Waals surface area contributed by atoms with Gasteiger partial charge in [0, 0.05) is 5.69 Å². The third-order valence-electron chi connectivity index (χ3n) is 4.48. The van der Waals surface area contributed by atoms with Gasteiger partial charge < -0.3 is 14.8 Å². The van der Waals surface area contributed by atoms with E-state index in [0.29, 0.717) is 5.69 Å². The third-order valence-corrected chi connectivity index (χ3v) is 4.48. The van der Waals surface area contributed by atoms with Crippen LogP contribution in [0.5, 0.6) is 5.75 Å². The molecule has 1 amide bonds. The number of benzene rings is 2. The van der Waals surface area contributed by atoms with Crippen LogP contribution in [0.4, 0.5) is 5.69 Å². The van der Waals surface area contributed by atoms with Gasteiger partial charge >= 0.3 is 5.97 Å². The molecule has 0 aliphatic carbocycles. The summed E-state index contributed by atoms with van der Waals surface area (Å²) in [6.45, 7) is 5.93. The van der Waals surface area contributed by atoms with Crippen LogP contribution in [0, 0.1) is 0 Å². The highest BCUT2D eigenvalue weighted by Gasteiger charge is 2.21. The summed E-state index contributed by atoms with van der Waals surface area (Å²) >= 11 is 0. The second-order valence-electron chi connectivity index (χ2n) is 7.78. The van der Waals surface area contributed by atoms with Crippen molar-refractivity contribution in [2.75, 3.05) is 19.0 Å². The largest absolute Gasteiger partial charge is 0.493 e. The van der Waals surface area contributed by atoms with Gasteiger partial charge in [0.05, 0.1) is 19.0 Å². The van der Waals surface area contributed by atoms with Crippen molar-refractivity contribution >= 4 is 17.6 Å². The summed E-state index contributed by atoms with van der Waals surface area (Å²) in [5.74, 6) is -0.907. The second-order valence-corrected chi connectivity index (χ2v) is 7.78. The predicted molar refractivity (Wildman–Crippen MR) is 114 cm³/mol. The quantitative estimate of drug-likeness (QED) is 0.625. The number of anilines is 1. The molecular weight excluding hydrogens is 382 g/mol. The number of para-hydroxylation sites is 1. The van der Waals surface area contributed by atoms with E-state index in [4.69, 9.17) is 9.47 Å². The molecule has 0 radical (unpaired) electrons.